The fraction of sp³-hybridized carbons (Fsp3) is 0.500. The second kappa shape index (κ2) is 6.13. The number of hydrogen-bond donors (Lipinski definition) is 1. The number of H-pyrrole nitrogens is 1. The molecule has 1 atom stereocenters. The van der Waals surface area contributed by atoms with E-state index >= 15 is 0 Å². The van der Waals surface area contributed by atoms with Gasteiger partial charge in [-0.2, -0.15) is 0 Å². The summed E-state index contributed by atoms with van der Waals surface area (Å²) in [6, 6.07) is 7.14. The molecule has 3 heterocycles. The molecule has 1 fully saturated rings. The number of ether oxygens (including phenoxy) is 1. The molecule has 4 heteroatoms. The Kier molecular flexibility index (Phi) is 3.85. The van der Waals surface area contributed by atoms with Crippen LogP contribution in [0, 0.1) is 0 Å². The molecular weight excluding hydrogens is 274 g/mol. The maximum absolute atomic E-state index is 5.59. The number of nitrogens with one attached hydrogen (secondary N) is 1. The van der Waals surface area contributed by atoms with E-state index in [-0.39, 0.29) is 0 Å². The number of imidazole rings is 1. The number of likely N-dealkylation sites (tertiary alicyclic amines) is 1. The Labute approximate surface area is 131 Å². The van der Waals surface area contributed by atoms with Gasteiger partial charge in [0, 0.05) is 25.4 Å². The highest BCUT2D eigenvalue weighted by Crippen LogP contribution is 2.30. The normalized spacial score (nSPS) is 21.5. The molecule has 2 aromatic rings. The molecule has 4 nitrogen and oxygen atoms in total. The van der Waals surface area contributed by atoms with Gasteiger partial charge in [0.25, 0.3) is 0 Å². The van der Waals surface area contributed by atoms with Crippen molar-refractivity contribution in [2.45, 2.75) is 38.1 Å². The number of nitrogens with zero attached hydrogens (tertiary/aromatic N) is 2. The van der Waals surface area contributed by atoms with Crippen LogP contribution in [0.2, 0.25) is 0 Å². The summed E-state index contributed by atoms with van der Waals surface area (Å²) < 4.78 is 5.59. The van der Waals surface area contributed by atoms with Gasteiger partial charge in [-0.25, -0.2) is 4.98 Å². The summed E-state index contributed by atoms with van der Waals surface area (Å²) in [5.41, 5.74) is 2.80. The van der Waals surface area contributed by atoms with E-state index in [1.54, 1.807) is 0 Å². The number of piperidine rings is 1. The van der Waals surface area contributed by atoms with E-state index in [4.69, 9.17) is 4.74 Å². The second-order valence-corrected chi connectivity index (χ2v) is 6.31. The Hall–Kier alpha value is -1.81. The van der Waals surface area contributed by atoms with E-state index < -0.39 is 0 Å². The molecule has 2 aliphatic rings. The van der Waals surface area contributed by atoms with Crippen LogP contribution in [0.25, 0.3) is 0 Å². The van der Waals surface area contributed by atoms with Gasteiger partial charge in [0.1, 0.15) is 11.6 Å². The Bertz CT molecular complexity index is 623. The number of aromatic nitrogens is 2. The fourth-order valence-electron chi connectivity index (χ4n) is 3.70. The standard InChI is InChI=1S/C18H23N3O/c1-2-10-21(16(3-1)18-19-8-9-20-18)11-6-14-4-5-17-15(13-14)7-12-22-17/h4-5,8-9,13,16H,1-3,6-7,10-12H2,(H,19,20)/t16-/m1/s1. The molecule has 1 aromatic heterocycles. The van der Waals surface area contributed by atoms with E-state index in [1.807, 2.05) is 12.4 Å². The number of aromatic amines is 1. The van der Waals surface area contributed by atoms with Gasteiger partial charge in [0.2, 0.25) is 0 Å². The van der Waals surface area contributed by atoms with Crippen LogP contribution in [0.3, 0.4) is 0 Å². The van der Waals surface area contributed by atoms with Gasteiger partial charge in [0.15, 0.2) is 0 Å². The van der Waals surface area contributed by atoms with Crippen molar-refractivity contribution < 1.29 is 4.74 Å². The van der Waals surface area contributed by atoms with Crippen molar-refractivity contribution >= 4 is 0 Å². The van der Waals surface area contributed by atoms with Crippen molar-refractivity contribution in [3.8, 4) is 5.75 Å². The van der Waals surface area contributed by atoms with Crippen LogP contribution in [0.4, 0.5) is 0 Å². The molecule has 1 aromatic carbocycles. The zero-order chi connectivity index (χ0) is 14.8. The van der Waals surface area contributed by atoms with Gasteiger partial charge in [-0.1, -0.05) is 18.6 Å². The van der Waals surface area contributed by atoms with Crippen LogP contribution in [0.15, 0.2) is 30.6 Å². The van der Waals surface area contributed by atoms with Gasteiger partial charge in [-0.3, -0.25) is 4.90 Å². The highest BCUT2D eigenvalue weighted by molar-refractivity contribution is 5.39. The molecule has 2 aliphatic heterocycles. The molecule has 22 heavy (non-hydrogen) atoms. The number of rotatable bonds is 4. The molecule has 0 unspecified atom stereocenters. The van der Waals surface area contributed by atoms with Gasteiger partial charge in [-0.15, -0.1) is 0 Å². The van der Waals surface area contributed by atoms with Gasteiger partial charge >= 0.3 is 0 Å². The van der Waals surface area contributed by atoms with Crippen LogP contribution >= 0.6 is 0 Å². The van der Waals surface area contributed by atoms with Crippen molar-refractivity contribution in [3.63, 3.8) is 0 Å². The fourth-order valence-corrected chi connectivity index (χ4v) is 3.70. The van der Waals surface area contributed by atoms with Crippen molar-refractivity contribution in [2.75, 3.05) is 19.7 Å². The Morgan fingerprint density at radius 1 is 1.32 bits per heavy atom. The minimum atomic E-state index is 0.460. The number of hydrogen-bond acceptors (Lipinski definition) is 3. The smallest absolute Gasteiger partial charge is 0.123 e. The quantitative estimate of drug-likeness (QED) is 0.942. The maximum Gasteiger partial charge on any atom is 0.123 e. The Balaban J connectivity index is 1.43. The summed E-state index contributed by atoms with van der Waals surface area (Å²) in [4.78, 5) is 10.4. The van der Waals surface area contributed by atoms with E-state index in [1.165, 1.54) is 36.9 Å². The maximum atomic E-state index is 5.59. The lowest BCUT2D eigenvalue weighted by atomic mass is 10.00. The highest BCUT2D eigenvalue weighted by Gasteiger charge is 2.25. The minimum Gasteiger partial charge on any atom is -0.493 e. The van der Waals surface area contributed by atoms with Crippen LogP contribution in [-0.4, -0.2) is 34.6 Å². The first-order chi connectivity index (χ1) is 10.9. The predicted octanol–water partition coefficient (Wildman–Crippen LogP) is 3.11. The van der Waals surface area contributed by atoms with E-state index in [0.717, 1.165) is 37.6 Å². The zero-order valence-electron chi connectivity index (χ0n) is 12.9. The summed E-state index contributed by atoms with van der Waals surface area (Å²) in [6.45, 7) is 3.12. The lowest BCUT2D eigenvalue weighted by Crippen LogP contribution is -2.35. The molecule has 0 radical (unpaired) electrons. The minimum absolute atomic E-state index is 0.460. The van der Waals surface area contributed by atoms with Crippen LogP contribution in [0.5, 0.6) is 5.75 Å². The lowest BCUT2D eigenvalue weighted by molar-refractivity contribution is 0.144. The molecule has 0 aliphatic carbocycles. The average molecular weight is 297 g/mol. The Morgan fingerprint density at radius 3 is 3.23 bits per heavy atom. The molecule has 1 saturated heterocycles. The molecule has 0 saturated carbocycles. The van der Waals surface area contributed by atoms with Gasteiger partial charge < -0.3 is 9.72 Å². The van der Waals surface area contributed by atoms with Crippen molar-refractivity contribution in [1.29, 1.82) is 0 Å². The molecule has 0 amide bonds. The third kappa shape index (κ3) is 2.75. The summed E-state index contributed by atoms with van der Waals surface area (Å²) >= 11 is 0. The summed E-state index contributed by atoms with van der Waals surface area (Å²) in [6.07, 6.45) is 9.77. The largest absolute Gasteiger partial charge is 0.493 e. The molecule has 1 N–H and O–H groups in total. The first-order valence-corrected chi connectivity index (χ1v) is 8.38. The highest BCUT2D eigenvalue weighted by atomic mass is 16.5. The number of fused-ring (bicyclic) bond motifs is 1. The van der Waals surface area contributed by atoms with E-state index in [2.05, 4.69) is 33.1 Å². The second-order valence-electron chi connectivity index (χ2n) is 6.31. The van der Waals surface area contributed by atoms with E-state index in [9.17, 15) is 0 Å². The number of benzene rings is 1. The van der Waals surface area contributed by atoms with Gasteiger partial charge in [-0.05, 0) is 43.0 Å². The summed E-state index contributed by atoms with van der Waals surface area (Å²) in [5.74, 6) is 2.21. The zero-order valence-corrected chi connectivity index (χ0v) is 12.9. The lowest BCUT2D eigenvalue weighted by Gasteiger charge is -2.34. The third-order valence-corrected chi connectivity index (χ3v) is 4.89. The molecule has 0 bridgehead atoms. The van der Waals surface area contributed by atoms with Crippen LogP contribution in [0.1, 0.15) is 42.3 Å². The predicted molar refractivity (Wildman–Crippen MR) is 86.1 cm³/mol. The van der Waals surface area contributed by atoms with Crippen molar-refractivity contribution in [2.24, 2.45) is 0 Å². The summed E-state index contributed by atoms with van der Waals surface area (Å²) in [7, 11) is 0. The summed E-state index contributed by atoms with van der Waals surface area (Å²) in [5, 5.41) is 0. The van der Waals surface area contributed by atoms with Crippen LogP contribution in [-0.2, 0) is 12.8 Å². The molecule has 0 spiro atoms. The first-order valence-electron chi connectivity index (χ1n) is 8.38. The topological polar surface area (TPSA) is 41.2 Å². The average Bonchev–Trinajstić information content (AvgIpc) is 3.24. The van der Waals surface area contributed by atoms with Crippen molar-refractivity contribution in [1.82, 2.24) is 14.9 Å². The molecular formula is C18H23N3O. The van der Waals surface area contributed by atoms with E-state index in [0.29, 0.717) is 6.04 Å². The monoisotopic (exact) mass is 297 g/mol. The van der Waals surface area contributed by atoms with Crippen molar-refractivity contribution in [3.05, 3.63) is 47.5 Å². The molecule has 116 valence electrons. The molecule has 4 rings (SSSR count). The van der Waals surface area contributed by atoms with Gasteiger partial charge in [0.05, 0.1) is 12.6 Å². The SMILES string of the molecule is c1c[nH]c([C@H]2CCCCN2CCc2ccc3c(c2)CCO3)n1. The Morgan fingerprint density at radius 2 is 2.32 bits per heavy atom. The third-order valence-electron chi connectivity index (χ3n) is 4.89. The first kappa shape index (κ1) is 13.8. The van der Waals surface area contributed by atoms with Crippen LogP contribution < -0.4 is 4.74 Å².